The summed E-state index contributed by atoms with van der Waals surface area (Å²) in [5.74, 6) is 0. The average molecular weight is 205 g/mol. The van der Waals surface area contributed by atoms with Crippen LogP contribution >= 0.6 is 0 Å². The monoisotopic (exact) mass is 205 g/mol. The van der Waals surface area contributed by atoms with Crippen molar-refractivity contribution in [2.24, 2.45) is 5.73 Å². The lowest BCUT2D eigenvalue weighted by molar-refractivity contribution is 0.406. The van der Waals surface area contributed by atoms with Crippen molar-refractivity contribution in [3.63, 3.8) is 0 Å². The van der Waals surface area contributed by atoms with Gasteiger partial charge < -0.3 is 5.73 Å². The maximum absolute atomic E-state index is 5.96. The molecule has 0 aromatic heterocycles. The van der Waals surface area contributed by atoms with E-state index >= 15 is 0 Å². The number of hydrogen-bond donors (Lipinski definition) is 1. The molecule has 0 saturated carbocycles. The standard InChI is InChI=1S/C14H23N/c1-5-14(6-2,10-15)13-8-11(3)7-12(4)9-13/h7-9H,5-6,10,15H2,1-4H3. The van der Waals surface area contributed by atoms with Gasteiger partial charge in [0.25, 0.3) is 0 Å². The number of hydrogen-bond acceptors (Lipinski definition) is 1. The molecule has 0 heterocycles. The highest BCUT2D eigenvalue weighted by Crippen LogP contribution is 2.31. The van der Waals surface area contributed by atoms with Gasteiger partial charge in [-0.2, -0.15) is 0 Å². The number of rotatable bonds is 4. The Kier molecular flexibility index (Phi) is 3.92. The Morgan fingerprint density at radius 3 is 1.80 bits per heavy atom. The SMILES string of the molecule is CCC(CC)(CN)c1cc(C)cc(C)c1. The number of benzene rings is 1. The van der Waals surface area contributed by atoms with E-state index < -0.39 is 0 Å². The fourth-order valence-electron chi connectivity index (χ4n) is 2.35. The molecule has 0 atom stereocenters. The van der Waals surface area contributed by atoms with Crippen LogP contribution in [-0.2, 0) is 5.41 Å². The third kappa shape index (κ3) is 2.40. The Balaban J connectivity index is 3.22. The van der Waals surface area contributed by atoms with E-state index in [9.17, 15) is 0 Å². The van der Waals surface area contributed by atoms with Crippen LogP contribution in [0.15, 0.2) is 18.2 Å². The van der Waals surface area contributed by atoms with Crippen LogP contribution in [0.2, 0.25) is 0 Å². The second-order valence-electron chi connectivity index (χ2n) is 4.57. The summed E-state index contributed by atoms with van der Waals surface area (Å²) < 4.78 is 0. The molecular weight excluding hydrogens is 182 g/mol. The van der Waals surface area contributed by atoms with E-state index in [1.165, 1.54) is 16.7 Å². The summed E-state index contributed by atoms with van der Waals surface area (Å²) in [5, 5.41) is 0. The van der Waals surface area contributed by atoms with Gasteiger partial charge in [0.05, 0.1) is 0 Å². The van der Waals surface area contributed by atoms with Crippen LogP contribution in [0.3, 0.4) is 0 Å². The van der Waals surface area contributed by atoms with Gasteiger partial charge in [-0.25, -0.2) is 0 Å². The highest BCUT2D eigenvalue weighted by atomic mass is 14.6. The van der Waals surface area contributed by atoms with Crippen LogP contribution in [0.5, 0.6) is 0 Å². The molecule has 2 N–H and O–H groups in total. The van der Waals surface area contributed by atoms with Gasteiger partial charge in [0.2, 0.25) is 0 Å². The number of aryl methyl sites for hydroxylation is 2. The fraction of sp³-hybridized carbons (Fsp3) is 0.571. The second kappa shape index (κ2) is 4.80. The summed E-state index contributed by atoms with van der Waals surface area (Å²) >= 11 is 0. The van der Waals surface area contributed by atoms with Crippen molar-refractivity contribution in [3.8, 4) is 0 Å². The van der Waals surface area contributed by atoms with Crippen molar-refractivity contribution in [2.45, 2.75) is 46.0 Å². The highest BCUT2D eigenvalue weighted by molar-refractivity contribution is 5.34. The first-order chi connectivity index (χ1) is 7.07. The summed E-state index contributed by atoms with van der Waals surface area (Å²) in [4.78, 5) is 0. The molecule has 0 radical (unpaired) electrons. The molecule has 0 aliphatic carbocycles. The fourth-order valence-corrected chi connectivity index (χ4v) is 2.35. The Morgan fingerprint density at radius 1 is 1.00 bits per heavy atom. The molecule has 1 rings (SSSR count). The molecule has 0 amide bonds. The van der Waals surface area contributed by atoms with Crippen molar-refractivity contribution >= 4 is 0 Å². The predicted octanol–water partition coefficient (Wildman–Crippen LogP) is 3.32. The first kappa shape index (κ1) is 12.3. The smallest absolute Gasteiger partial charge is 0.00705 e. The molecular formula is C14H23N. The Bertz CT molecular complexity index is 296. The minimum absolute atomic E-state index is 0.177. The van der Waals surface area contributed by atoms with Gasteiger partial charge in [0, 0.05) is 12.0 Å². The molecule has 0 bridgehead atoms. The first-order valence-corrected chi connectivity index (χ1v) is 5.87. The van der Waals surface area contributed by atoms with E-state index in [-0.39, 0.29) is 5.41 Å². The lowest BCUT2D eigenvalue weighted by atomic mass is 9.75. The normalized spacial score (nSPS) is 11.8. The largest absolute Gasteiger partial charge is 0.330 e. The minimum atomic E-state index is 0.177. The predicted molar refractivity (Wildman–Crippen MR) is 67.2 cm³/mol. The van der Waals surface area contributed by atoms with Gasteiger partial charge in [-0.05, 0) is 32.3 Å². The lowest BCUT2D eigenvalue weighted by Gasteiger charge is -2.31. The molecule has 84 valence electrons. The maximum Gasteiger partial charge on any atom is 0.00705 e. The van der Waals surface area contributed by atoms with E-state index in [1.807, 2.05) is 0 Å². The van der Waals surface area contributed by atoms with Gasteiger partial charge >= 0.3 is 0 Å². The van der Waals surface area contributed by atoms with Crippen LogP contribution in [-0.4, -0.2) is 6.54 Å². The molecule has 1 aromatic rings. The Hall–Kier alpha value is -0.820. The van der Waals surface area contributed by atoms with Crippen LogP contribution in [0.25, 0.3) is 0 Å². The first-order valence-electron chi connectivity index (χ1n) is 5.87. The molecule has 0 unspecified atom stereocenters. The Morgan fingerprint density at radius 2 is 1.47 bits per heavy atom. The van der Waals surface area contributed by atoms with Crippen LogP contribution in [0.1, 0.15) is 43.4 Å². The van der Waals surface area contributed by atoms with E-state index in [2.05, 4.69) is 45.9 Å². The average Bonchev–Trinajstić information content (AvgIpc) is 2.20. The highest BCUT2D eigenvalue weighted by Gasteiger charge is 2.26. The summed E-state index contributed by atoms with van der Waals surface area (Å²) in [5.41, 5.74) is 10.2. The Labute approximate surface area is 93.7 Å². The van der Waals surface area contributed by atoms with Gasteiger partial charge in [-0.1, -0.05) is 43.2 Å². The summed E-state index contributed by atoms with van der Waals surface area (Å²) in [7, 11) is 0. The topological polar surface area (TPSA) is 26.0 Å². The molecule has 15 heavy (non-hydrogen) atoms. The van der Waals surface area contributed by atoms with Gasteiger partial charge in [-0.3, -0.25) is 0 Å². The molecule has 0 aliphatic rings. The summed E-state index contributed by atoms with van der Waals surface area (Å²) in [6.45, 7) is 9.51. The third-order valence-electron chi connectivity index (χ3n) is 3.58. The van der Waals surface area contributed by atoms with Crippen molar-refractivity contribution in [1.29, 1.82) is 0 Å². The van der Waals surface area contributed by atoms with Crippen molar-refractivity contribution < 1.29 is 0 Å². The quantitative estimate of drug-likeness (QED) is 0.801. The molecule has 0 spiro atoms. The van der Waals surface area contributed by atoms with E-state index in [0.29, 0.717) is 0 Å². The van der Waals surface area contributed by atoms with E-state index in [1.54, 1.807) is 0 Å². The molecule has 1 aromatic carbocycles. The molecule has 0 saturated heterocycles. The van der Waals surface area contributed by atoms with E-state index in [4.69, 9.17) is 5.73 Å². The van der Waals surface area contributed by atoms with Gasteiger partial charge in [0.1, 0.15) is 0 Å². The molecule has 1 nitrogen and oxygen atoms in total. The van der Waals surface area contributed by atoms with Crippen molar-refractivity contribution in [2.75, 3.05) is 6.54 Å². The molecule has 1 heteroatoms. The van der Waals surface area contributed by atoms with Gasteiger partial charge in [-0.15, -0.1) is 0 Å². The van der Waals surface area contributed by atoms with Gasteiger partial charge in [0.15, 0.2) is 0 Å². The van der Waals surface area contributed by atoms with E-state index in [0.717, 1.165) is 19.4 Å². The molecule has 0 aliphatic heterocycles. The number of nitrogens with two attached hydrogens (primary N) is 1. The third-order valence-corrected chi connectivity index (χ3v) is 3.58. The van der Waals surface area contributed by atoms with Crippen molar-refractivity contribution in [1.82, 2.24) is 0 Å². The maximum atomic E-state index is 5.96. The van der Waals surface area contributed by atoms with Crippen LogP contribution < -0.4 is 5.73 Å². The zero-order chi connectivity index (χ0) is 11.5. The zero-order valence-electron chi connectivity index (χ0n) is 10.4. The van der Waals surface area contributed by atoms with Crippen molar-refractivity contribution in [3.05, 3.63) is 34.9 Å². The van der Waals surface area contributed by atoms with Crippen LogP contribution in [0.4, 0.5) is 0 Å². The summed E-state index contributed by atoms with van der Waals surface area (Å²) in [6, 6.07) is 6.79. The second-order valence-corrected chi connectivity index (χ2v) is 4.57. The molecule has 0 fully saturated rings. The summed E-state index contributed by atoms with van der Waals surface area (Å²) in [6.07, 6.45) is 2.23. The zero-order valence-corrected chi connectivity index (χ0v) is 10.4. The minimum Gasteiger partial charge on any atom is -0.330 e. The lowest BCUT2D eigenvalue weighted by Crippen LogP contribution is -2.33. The van der Waals surface area contributed by atoms with Crippen LogP contribution in [0, 0.1) is 13.8 Å².